The zero-order valence-electron chi connectivity index (χ0n) is 13.0. The molecule has 0 spiro atoms. The van der Waals surface area contributed by atoms with Gasteiger partial charge in [0.15, 0.2) is 0 Å². The Bertz CT molecular complexity index is 523. The van der Waals surface area contributed by atoms with E-state index in [1.165, 1.54) is 6.07 Å². The van der Waals surface area contributed by atoms with Crippen LogP contribution >= 0.6 is 0 Å². The van der Waals surface area contributed by atoms with Gasteiger partial charge in [-0.3, -0.25) is 4.79 Å². The number of hydrogen-bond acceptors (Lipinski definition) is 3. The van der Waals surface area contributed by atoms with Crippen LogP contribution in [0.2, 0.25) is 0 Å². The van der Waals surface area contributed by atoms with E-state index in [9.17, 15) is 9.59 Å². The maximum atomic E-state index is 12.2. The molecule has 0 aromatic heterocycles. The Morgan fingerprint density at radius 2 is 2.05 bits per heavy atom. The van der Waals surface area contributed by atoms with E-state index in [1.807, 2.05) is 7.05 Å². The summed E-state index contributed by atoms with van der Waals surface area (Å²) in [4.78, 5) is 24.9. The summed E-state index contributed by atoms with van der Waals surface area (Å²) in [7, 11) is 1.81. The zero-order valence-corrected chi connectivity index (χ0v) is 13.0. The SMILES string of the molecule is CN(CCC1CCOCC1)C(=O)Cc1cccc(C(=O)O)c1. The first-order valence-electron chi connectivity index (χ1n) is 7.70. The molecule has 5 nitrogen and oxygen atoms in total. The third kappa shape index (κ3) is 4.84. The number of amides is 1. The van der Waals surface area contributed by atoms with Gasteiger partial charge in [0.2, 0.25) is 5.91 Å². The van der Waals surface area contributed by atoms with Crippen LogP contribution in [0.1, 0.15) is 35.2 Å². The topological polar surface area (TPSA) is 66.8 Å². The fraction of sp³-hybridized carbons (Fsp3) is 0.529. The number of nitrogens with zero attached hydrogens (tertiary/aromatic N) is 1. The molecule has 0 unspecified atom stereocenters. The number of benzene rings is 1. The molecule has 1 heterocycles. The molecule has 22 heavy (non-hydrogen) atoms. The van der Waals surface area contributed by atoms with E-state index in [2.05, 4.69) is 0 Å². The van der Waals surface area contributed by atoms with Crippen molar-refractivity contribution in [2.45, 2.75) is 25.7 Å². The van der Waals surface area contributed by atoms with Gasteiger partial charge >= 0.3 is 5.97 Å². The molecule has 1 aliphatic rings. The number of carbonyl (C=O) groups is 2. The molecular formula is C17H23NO4. The molecule has 0 bridgehead atoms. The number of aromatic carboxylic acids is 1. The zero-order chi connectivity index (χ0) is 15.9. The molecule has 1 N–H and O–H groups in total. The van der Waals surface area contributed by atoms with Crippen molar-refractivity contribution in [2.24, 2.45) is 5.92 Å². The quantitative estimate of drug-likeness (QED) is 0.875. The molecule has 5 heteroatoms. The number of carboxylic acids is 1. The van der Waals surface area contributed by atoms with Crippen molar-refractivity contribution in [3.05, 3.63) is 35.4 Å². The number of likely N-dealkylation sites (N-methyl/N-ethyl adjacent to an activating group) is 1. The summed E-state index contributed by atoms with van der Waals surface area (Å²) in [6, 6.07) is 6.56. The molecule has 1 amide bonds. The number of ether oxygens (including phenoxy) is 1. The van der Waals surface area contributed by atoms with E-state index in [4.69, 9.17) is 9.84 Å². The minimum absolute atomic E-state index is 0.0228. The Balaban J connectivity index is 1.82. The number of carbonyl (C=O) groups excluding carboxylic acids is 1. The summed E-state index contributed by atoms with van der Waals surface area (Å²) in [5.74, 6) is -0.309. The molecule has 1 aromatic rings. The summed E-state index contributed by atoms with van der Waals surface area (Å²) in [5, 5.41) is 8.98. The Labute approximate surface area is 130 Å². The normalized spacial score (nSPS) is 15.5. The first-order chi connectivity index (χ1) is 10.6. The van der Waals surface area contributed by atoms with Crippen molar-refractivity contribution in [3.8, 4) is 0 Å². The van der Waals surface area contributed by atoms with Crippen molar-refractivity contribution >= 4 is 11.9 Å². The van der Waals surface area contributed by atoms with Crippen LogP contribution in [0.5, 0.6) is 0 Å². The van der Waals surface area contributed by atoms with Gasteiger partial charge in [0.05, 0.1) is 12.0 Å². The maximum Gasteiger partial charge on any atom is 0.335 e. The molecule has 120 valence electrons. The smallest absolute Gasteiger partial charge is 0.335 e. The third-order valence-corrected chi connectivity index (χ3v) is 4.17. The molecular weight excluding hydrogens is 282 g/mol. The Morgan fingerprint density at radius 1 is 1.32 bits per heavy atom. The Hall–Kier alpha value is -1.88. The fourth-order valence-electron chi connectivity index (χ4n) is 2.66. The van der Waals surface area contributed by atoms with Crippen molar-refractivity contribution in [2.75, 3.05) is 26.8 Å². The number of hydrogen-bond donors (Lipinski definition) is 1. The highest BCUT2D eigenvalue weighted by molar-refractivity contribution is 5.88. The average Bonchev–Trinajstić information content (AvgIpc) is 2.53. The summed E-state index contributed by atoms with van der Waals surface area (Å²) in [5.41, 5.74) is 0.956. The van der Waals surface area contributed by atoms with Gasteiger partial charge in [0.1, 0.15) is 0 Å². The van der Waals surface area contributed by atoms with E-state index in [-0.39, 0.29) is 17.9 Å². The van der Waals surface area contributed by atoms with Crippen LogP contribution in [0.3, 0.4) is 0 Å². The van der Waals surface area contributed by atoms with E-state index in [1.54, 1.807) is 23.1 Å². The Kier molecular flexibility index (Phi) is 5.95. The van der Waals surface area contributed by atoms with Gasteiger partial charge in [0, 0.05) is 26.8 Å². The molecule has 1 aliphatic heterocycles. The number of carboxylic acid groups (broad SMARTS) is 1. The van der Waals surface area contributed by atoms with E-state index in [0.717, 1.165) is 44.6 Å². The molecule has 1 saturated heterocycles. The van der Waals surface area contributed by atoms with Gasteiger partial charge in [-0.15, -0.1) is 0 Å². The molecule has 2 rings (SSSR count). The van der Waals surface area contributed by atoms with E-state index >= 15 is 0 Å². The summed E-state index contributed by atoms with van der Waals surface area (Å²) in [6.45, 7) is 2.39. The minimum Gasteiger partial charge on any atom is -0.478 e. The van der Waals surface area contributed by atoms with E-state index < -0.39 is 5.97 Å². The van der Waals surface area contributed by atoms with Crippen molar-refractivity contribution in [3.63, 3.8) is 0 Å². The van der Waals surface area contributed by atoms with Gasteiger partial charge in [-0.25, -0.2) is 4.79 Å². The predicted octanol–water partition coefficient (Wildman–Crippen LogP) is 2.20. The summed E-state index contributed by atoms with van der Waals surface area (Å²) >= 11 is 0. The molecule has 0 radical (unpaired) electrons. The van der Waals surface area contributed by atoms with Crippen LogP contribution in [-0.2, 0) is 16.0 Å². The second-order valence-corrected chi connectivity index (χ2v) is 5.84. The lowest BCUT2D eigenvalue weighted by atomic mass is 9.96. The maximum absolute atomic E-state index is 12.2. The van der Waals surface area contributed by atoms with Crippen molar-refractivity contribution in [1.29, 1.82) is 0 Å². The van der Waals surface area contributed by atoms with Crippen LogP contribution in [0.25, 0.3) is 0 Å². The van der Waals surface area contributed by atoms with Gasteiger partial charge < -0.3 is 14.7 Å². The first-order valence-corrected chi connectivity index (χ1v) is 7.70. The lowest BCUT2D eigenvalue weighted by Gasteiger charge is -2.25. The molecule has 1 fully saturated rings. The third-order valence-electron chi connectivity index (χ3n) is 4.17. The lowest BCUT2D eigenvalue weighted by Crippen LogP contribution is -2.31. The van der Waals surface area contributed by atoms with Crippen LogP contribution in [0.4, 0.5) is 0 Å². The monoisotopic (exact) mass is 305 g/mol. The second-order valence-electron chi connectivity index (χ2n) is 5.84. The van der Waals surface area contributed by atoms with Crippen LogP contribution in [-0.4, -0.2) is 48.7 Å². The molecule has 0 atom stereocenters. The first kappa shape index (κ1) is 16.5. The summed E-state index contributed by atoms with van der Waals surface area (Å²) < 4.78 is 5.33. The molecule has 0 aliphatic carbocycles. The van der Waals surface area contributed by atoms with Crippen molar-refractivity contribution in [1.82, 2.24) is 4.90 Å². The fourth-order valence-corrected chi connectivity index (χ4v) is 2.66. The van der Waals surface area contributed by atoms with Crippen LogP contribution in [0.15, 0.2) is 24.3 Å². The standard InChI is InChI=1S/C17H23NO4/c1-18(8-5-13-6-9-22-10-7-13)16(19)12-14-3-2-4-15(11-14)17(20)21/h2-4,11,13H,5-10,12H2,1H3,(H,20,21). The van der Waals surface area contributed by atoms with Gasteiger partial charge in [-0.1, -0.05) is 12.1 Å². The largest absolute Gasteiger partial charge is 0.478 e. The molecule has 1 aromatic carbocycles. The van der Waals surface area contributed by atoms with Crippen molar-refractivity contribution < 1.29 is 19.4 Å². The lowest BCUT2D eigenvalue weighted by molar-refractivity contribution is -0.129. The minimum atomic E-state index is -0.970. The van der Waals surface area contributed by atoms with Crippen LogP contribution in [0, 0.1) is 5.92 Å². The highest BCUT2D eigenvalue weighted by atomic mass is 16.5. The van der Waals surface area contributed by atoms with Gasteiger partial charge in [-0.05, 0) is 42.9 Å². The van der Waals surface area contributed by atoms with Gasteiger partial charge in [0.25, 0.3) is 0 Å². The highest BCUT2D eigenvalue weighted by Gasteiger charge is 2.16. The molecule has 0 saturated carbocycles. The Morgan fingerprint density at radius 3 is 2.73 bits per heavy atom. The summed E-state index contributed by atoms with van der Waals surface area (Å²) in [6.07, 6.45) is 3.39. The second kappa shape index (κ2) is 7.94. The highest BCUT2D eigenvalue weighted by Crippen LogP contribution is 2.18. The van der Waals surface area contributed by atoms with E-state index in [0.29, 0.717) is 5.92 Å². The predicted molar refractivity (Wildman–Crippen MR) is 82.9 cm³/mol. The van der Waals surface area contributed by atoms with Gasteiger partial charge in [-0.2, -0.15) is 0 Å². The average molecular weight is 305 g/mol. The van der Waals surface area contributed by atoms with Crippen LogP contribution < -0.4 is 0 Å². The number of rotatable bonds is 6.